The Morgan fingerprint density at radius 3 is 2.23 bits per heavy atom. The molecule has 3 aromatic rings. The van der Waals surface area contributed by atoms with E-state index in [-0.39, 0.29) is 39.0 Å². The van der Waals surface area contributed by atoms with Gasteiger partial charge in [-0.05, 0) is 35.6 Å². The summed E-state index contributed by atoms with van der Waals surface area (Å²) in [4.78, 5) is 20.8. The molecule has 1 N–H and O–H groups in total. The molecule has 3 aromatic carbocycles. The van der Waals surface area contributed by atoms with E-state index in [1.165, 1.54) is 0 Å². The number of benzene rings is 3. The van der Waals surface area contributed by atoms with E-state index in [1.54, 1.807) is 17.0 Å². The summed E-state index contributed by atoms with van der Waals surface area (Å²) < 4.78 is 0. The molecular formula is C25H21CdN3O2. The zero-order valence-electron chi connectivity index (χ0n) is 17.1. The first-order chi connectivity index (χ1) is 14.7. The van der Waals surface area contributed by atoms with Crippen molar-refractivity contribution >= 4 is 17.3 Å². The molecule has 150 valence electrons. The standard InChI is InChI=1S/C19H16N3O2.C6H5.Cd/c23-16-8-6-15(7-9-16)21-11-10-18-20-17(19(24)22(18)13-21)12-14-4-2-1-3-5-14;1-2-4-6-5-3-1;/h1-9,23H,11-13H2;1-5H;/q2*-1;+2. The number of hydrogen-bond acceptors (Lipinski definition) is 4. The van der Waals surface area contributed by atoms with Gasteiger partial charge in [-0.15, -0.1) is 6.54 Å². The van der Waals surface area contributed by atoms with Crippen LogP contribution in [0.1, 0.15) is 5.56 Å². The van der Waals surface area contributed by atoms with Gasteiger partial charge in [-0.2, -0.15) is 36.4 Å². The second-order valence-electron chi connectivity index (χ2n) is 6.89. The number of amides is 1. The minimum Gasteiger partial charge on any atom is -0.508 e. The molecule has 1 amide bonds. The van der Waals surface area contributed by atoms with Crippen molar-refractivity contribution < 1.29 is 37.2 Å². The summed E-state index contributed by atoms with van der Waals surface area (Å²) in [6.07, 6.45) is 3.72. The largest absolute Gasteiger partial charge is 2.00 e. The van der Waals surface area contributed by atoms with Crippen LogP contribution in [0.25, 0.3) is 0 Å². The molecule has 6 heteroatoms. The van der Waals surface area contributed by atoms with Crippen molar-refractivity contribution in [2.45, 2.75) is 6.42 Å². The van der Waals surface area contributed by atoms with Crippen molar-refractivity contribution in [3.05, 3.63) is 108 Å². The van der Waals surface area contributed by atoms with Crippen LogP contribution in [-0.2, 0) is 38.5 Å². The maximum absolute atomic E-state index is 12.6. The van der Waals surface area contributed by atoms with Crippen molar-refractivity contribution in [2.24, 2.45) is 4.99 Å². The Morgan fingerprint density at radius 2 is 1.61 bits per heavy atom. The molecular weight excluding hydrogens is 487 g/mol. The van der Waals surface area contributed by atoms with Crippen molar-refractivity contribution in [1.82, 2.24) is 4.90 Å². The molecule has 5 rings (SSSR count). The SMILES string of the molecule is O=C1C(Cc2ccccc2)=NC2=[C-]CN(c3ccc(O)cc3)CN12.[Cd+2].[c-]1ccccc1. The van der Waals surface area contributed by atoms with Crippen molar-refractivity contribution in [1.29, 1.82) is 0 Å². The molecule has 0 radical (unpaired) electrons. The van der Waals surface area contributed by atoms with E-state index in [0.717, 1.165) is 11.3 Å². The maximum atomic E-state index is 12.6. The Bertz CT molecular complexity index is 1020. The number of aromatic hydroxyl groups is 1. The van der Waals surface area contributed by atoms with Crippen molar-refractivity contribution in [2.75, 3.05) is 18.1 Å². The minimum absolute atomic E-state index is 0. The average Bonchev–Trinajstić information content (AvgIpc) is 3.11. The molecule has 2 heterocycles. The zero-order chi connectivity index (χ0) is 20.8. The number of hydrogen-bond donors (Lipinski definition) is 1. The topological polar surface area (TPSA) is 56.1 Å². The smallest absolute Gasteiger partial charge is 0.508 e. The average molecular weight is 508 g/mol. The van der Waals surface area contributed by atoms with E-state index >= 15 is 0 Å². The van der Waals surface area contributed by atoms with Gasteiger partial charge in [0, 0.05) is 12.1 Å². The van der Waals surface area contributed by atoms with Crippen LogP contribution in [0.15, 0.2) is 95.7 Å². The summed E-state index contributed by atoms with van der Waals surface area (Å²) in [5, 5.41) is 9.40. The first-order valence-electron chi connectivity index (χ1n) is 9.70. The van der Waals surface area contributed by atoms with Gasteiger partial charge in [0.2, 0.25) is 0 Å². The molecule has 0 bridgehead atoms. The maximum Gasteiger partial charge on any atom is 2.00 e. The monoisotopic (exact) mass is 509 g/mol. The molecule has 31 heavy (non-hydrogen) atoms. The van der Waals surface area contributed by atoms with E-state index in [2.05, 4.69) is 17.1 Å². The molecule has 0 fully saturated rings. The van der Waals surface area contributed by atoms with Gasteiger partial charge in [0.05, 0.1) is 6.67 Å². The summed E-state index contributed by atoms with van der Waals surface area (Å²) in [6.45, 7) is 1.000. The first-order valence-corrected chi connectivity index (χ1v) is 9.70. The number of carbonyl (C=O) groups excluding carboxylic acids is 1. The number of nitrogens with zero attached hydrogens (tertiary/aromatic N) is 3. The third kappa shape index (κ3) is 5.82. The van der Waals surface area contributed by atoms with Crippen LogP contribution in [-0.4, -0.2) is 34.8 Å². The molecule has 0 atom stereocenters. The van der Waals surface area contributed by atoms with Crippen LogP contribution in [0.5, 0.6) is 5.75 Å². The fourth-order valence-electron chi connectivity index (χ4n) is 3.22. The van der Waals surface area contributed by atoms with E-state index < -0.39 is 0 Å². The normalized spacial score (nSPS) is 14.5. The number of fused-ring (bicyclic) bond motifs is 1. The summed E-state index contributed by atoms with van der Waals surface area (Å²) in [5.74, 6) is 0.771. The molecule has 0 saturated heterocycles. The predicted octanol–water partition coefficient (Wildman–Crippen LogP) is 3.82. The molecule has 0 saturated carbocycles. The van der Waals surface area contributed by atoms with Gasteiger partial charge in [-0.3, -0.25) is 9.79 Å². The Kier molecular flexibility index (Phi) is 8.00. The summed E-state index contributed by atoms with van der Waals surface area (Å²) in [5.41, 5.74) is 2.56. The van der Waals surface area contributed by atoms with Gasteiger partial charge in [-0.1, -0.05) is 30.3 Å². The Labute approximate surface area is 202 Å². The molecule has 5 nitrogen and oxygen atoms in total. The van der Waals surface area contributed by atoms with Crippen LogP contribution in [0, 0.1) is 12.1 Å². The van der Waals surface area contributed by atoms with Gasteiger partial charge in [0.25, 0.3) is 5.91 Å². The van der Waals surface area contributed by atoms with Gasteiger partial charge < -0.3 is 21.0 Å². The van der Waals surface area contributed by atoms with Gasteiger partial charge in [-0.25, -0.2) is 0 Å². The van der Waals surface area contributed by atoms with Gasteiger partial charge in [0.1, 0.15) is 11.5 Å². The van der Waals surface area contributed by atoms with Crippen molar-refractivity contribution in [3.8, 4) is 5.75 Å². The molecule has 2 aliphatic heterocycles. The third-order valence-electron chi connectivity index (χ3n) is 4.77. The Morgan fingerprint density at radius 1 is 0.935 bits per heavy atom. The first kappa shape index (κ1) is 22.7. The van der Waals surface area contributed by atoms with Crippen molar-refractivity contribution in [3.63, 3.8) is 0 Å². The number of carbonyl (C=O) groups is 1. The third-order valence-corrected chi connectivity index (χ3v) is 4.77. The second kappa shape index (κ2) is 10.9. The molecule has 2 aliphatic rings. The van der Waals surface area contributed by atoms with E-state index in [0.29, 0.717) is 31.2 Å². The number of anilines is 1. The Balaban J connectivity index is 0.000000338. The summed E-state index contributed by atoms with van der Waals surface area (Å²) in [7, 11) is 0. The van der Waals surface area contributed by atoms with Crippen LogP contribution < -0.4 is 4.90 Å². The molecule has 0 unspecified atom stereocenters. The number of phenolic OH excluding ortho intramolecular Hbond substituents is 1. The predicted molar refractivity (Wildman–Crippen MR) is 117 cm³/mol. The molecule has 0 spiro atoms. The van der Waals surface area contributed by atoms with Crippen LogP contribution in [0.2, 0.25) is 0 Å². The van der Waals surface area contributed by atoms with Gasteiger partial charge in [0.15, 0.2) is 0 Å². The van der Waals surface area contributed by atoms with Crippen LogP contribution >= 0.6 is 0 Å². The fourth-order valence-corrected chi connectivity index (χ4v) is 3.22. The zero-order valence-corrected chi connectivity index (χ0v) is 21.1. The quantitative estimate of drug-likeness (QED) is 0.433. The number of aliphatic imine (C=N–C) groups is 1. The summed E-state index contributed by atoms with van der Waals surface area (Å²) >= 11 is 0. The number of rotatable bonds is 3. The van der Waals surface area contributed by atoms with Crippen LogP contribution in [0.3, 0.4) is 0 Å². The van der Waals surface area contributed by atoms with Gasteiger partial charge >= 0.3 is 27.3 Å². The Hall–Kier alpha value is -2.94. The van der Waals surface area contributed by atoms with E-state index in [4.69, 9.17) is 0 Å². The molecule has 0 aromatic heterocycles. The number of phenols is 1. The fraction of sp³-hybridized carbons (Fsp3) is 0.120. The molecule has 0 aliphatic carbocycles. The van der Waals surface area contributed by atoms with Crippen LogP contribution in [0.4, 0.5) is 5.69 Å². The minimum atomic E-state index is -0.0650. The second-order valence-corrected chi connectivity index (χ2v) is 6.89. The van der Waals surface area contributed by atoms with E-state index in [9.17, 15) is 9.90 Å². The summed E-state index contributed by atoms with van der Waals surface area (Å²) in [6, 6.07) is 29.3. The van der Waals surface area contributed by atoms with E-state index in [1.807, 2.05) is 77.7 Å².